The van der Waals surface area contributed by atoms with Crippen LogP contribution in [0.3, 0.4) is 0 Å². The van der Waals surface area contributed by atoms with E-state index < -0.39 is 64.4 Å². The zero-order chi connectivity index (χ0) is 32.2. The van der Waals surface area contributed by atoms with Crippen molar-refractivity contribution in [2.75, 3.05) is 34.3 Å². The van der Waals surface area contributed by atoms with E-state index in [-0.39, 0.29) is 24.2 Å². The van der Waals surface area contributed by atoms with Gasteiger partial charge in [0.1, 0.15) is 11.5 Å². The fourth-order valence-corrected chi connectivity index (χ4v) is 7.63. The van der Waals surface area contributed by atoms with Crippen LogP contribution in [0.15, 0.2) is 30.3 Å². The number of methoxy groups -OCH3 is 1. The van der Waals surface area contributed by atoms with Gasteiger partial charge in [0.2, 0.25) is 5.91 Å². The Morgan fingerprint density at radius 2 is 1.73 bits per heavy atom. The number of hydrogen-bond acceptors (Lipinski definition) is 10. The van der Waals surface area contributed by atoms with Crippen LogP contribution in [-0.2, 0) is 32.1 Å². The molecule has 0 aromatic heterocycles. The summed E-state index contributed by atoms with van der Waals surface area (Å²) in [5, 5.41) is 22.7. The van der Waals surface area contributed by atoms with Crippen molar-refractivity contribution in [3.05, 3.63) is 47.0 Å². The van der Waals surface area contributed by atoms with Crippen LogP contribution >= 0.6 is 0 Å². The number of aliphatic hydroxyl groups is 1. The normalized spacial score (nSPS) is 28.1. The molecule has 0 saturated heterocycles. The van der Waals surface area contributed by atoms with E-state index in [1.165, 1.54) is 11.0 Å². The minimum Gasteiger partial charge on any atom is -0.507 e. The maximum atomic E-state index is 14.1. The molecule has 0 radical (unpaired) electrons. The summed E-state index contributed by atoms with van der Waals surface area (Å²) in [4.78, 5) is 70.9. The Hall–Kier alpha value is -3.93. The van der Waals surface area contributed by atoms with Crippen molar-refractivity contribution in [2.45, 2.75) is 44.9 Å². The van der Waals surface area contributed by atoms with Crippen LogP contribution in [0.1, 0.15) is 41.8 Å². The Labute approximate surface area is 256 Å². The number of ether oxygens (including phenoxy) is 1. The molecule has 0 spiro atoms. The summed E-state index contributed by atoms with van der Waals surface area (Å²) in [5.41, 5.74) is 5.52. The third kappa shape index (κ3) is 4.65. The average molecular weight is 606 g/mol. The first kappa shape index (κ1) is 31.5. The van der Waals surface area contributed by atoms with E-state index in [9.17, 15) is 34.2 Å². The van der Waals surface area contributed by atoms with E-state index in [0.717, 1.165) is 24.2 Å². The Kier molecular flexibility index (Phi) is 8.25. The number of ketones is 4. The molecule has 5 rings (SSSR count). The summed E-state index contributed by atoms with van der Waals surface area (Å²) < 4.78 is 5.70. The second-order valence-electron chi connectivity index (χ2n) is 12.3. The predicted octanol–water partition coefficient (Wildman–Crippen LogP) is 1.38. The van der Waals surface area contributed by atoms with Gasteiger partial charge in [-0.25, -0.2) is 0 Å². The number of primary amides is 1. The molecule has 3 aliphatic rings. The lowest BCUT2D eigenvalue weighted by molar-refractivity contribution is -0.181. The quantitative estimate of drug-likeness (QED) is 0.374. The highest BCUT2D eigenvalue weighted by atomic mass is 16.5. The predicted molar refractivity (Wildman–Crippen MR) is 160 cm³/mol. The molecule has 6 atom stereocenters. The summed E-state index contributed by atoms with van der Waals surface area (Å²) >= 11 is 0. The Morgan fingerprint density at radius 3 is 2.32 bits per heavy atom. The van der Waals surface area contributed by atoms with Crippen LogP contribution in [0.5, 0.6) is 11.5 Å². The number of fused-ring (bicyclic) bond motifs is 3. The number of hydrogen-bond donors (Lipinski definition) is 3. The number of Topliss-reactive ketones (excluding diaryl/α,β-unsaturated/α-hetero) is 4. The Balaban J connectivity index is 1.64. The van der Waals surface area contributed by atoms with Crippen LogP contribution in [0.25, 0.3) is 11.1 Å². The van der Waals surface area contributed by atoms with E-state index in [4.69, 9.17) is 10.5 Å². The smallest absolute Gasteiger partial charge is 0.235 e. The Bertz CT molecular complexity index is 1560. The second-order valence-corrected chi connectivity index (χ2v) is 12.3. The summed E-state index contributed by atoms with van der Waals surface area (Å²) in [6.45, 7) is 6.60. The first-order chi connectivity index (χ1) is 20.8. The van der Waals surface area contributed by atoms with Crippen LogP contribution < -0.4 is 10.5 Å². The number of amides is 1. The second kappa shape index (κ2) is 11.5. The molecule has 0 heterocycles. The fraction of sp³-hybridized carbons (Fsp3) is 0.485. The molecule has 2 saturated carbocycles. The lowest BCUT2D eigenvalue weighted by Crippen LogP contribution is -2.74. The van der Waals surface area contributed by atoms with E-state index in [0.29, 0.717) is 23.4 Å². The fourth-order valence-electron chi connectivity index (χ4n) is 7.63. The van der Waals surface area contributed by atoms with E-state index in [1.807, 2.05) is 18.2 Å². The van der Waals surface area contributed by atoms with Crippen LogP contribution in [-0.4, -0.2) is 95.0 Å². The molecule has 2 fully saturated rings. The number of phenols is 1. The van der Waals surface area contributed by atoms with Crippen molar-refractivity contribution in [3.8, 4) is 22.6 Å². The van der Waals surface area contributed by atoms with Gasteiger partial charge in [0.25, 0.3) is 0 Å². The maximum Gasteiger partial charge on any atom is 0.235 e. The average Bonchev–Trinajstić information content (AvgIpc) is 2.97. The summed E-state index contributed by atoms with van der Waals surface area (Å²) in [5.74, 6) is -10.2. The molecule has 2 aromatic carbocycles. The first-order valence-corrected chi connectivity index (χ1v) is 14.9. The first-order valence-electron chi connectivity index (χ1n) is 14.9. The molecule has 0 bridgehead atoms. The molecule has 234 valence electrons. The molecule has 11 heteroatoms. The van der Waals surface area contributed by atoms with Gasteiger partial charge in [-0.2, -0.15) is 0 Å². The summed E-state index contributed by atoms with van der Waals surface area (Å²) in [7, 11) is 4.67. The van der Waals surface area contributed by atoms with Gasteiger partial charge < -0.3 is 20.7 Å². The number of benzene rings is 2. The zero-order valence-electron chi connectivity index (χ0n) is 25.6. The van der Waals surface area contributed by atoms with Gasteiger partial charge in [0.05, 0.1) is 24.6 Å². The lowest BCUT2D eigenvalue weighted by Gasteiger charge is -2.52. The van der Waals surface area contributed by atoms with Gasteiger partial charge in [-0.3, -0.25) is 33.8 Å². The van der Waals surface area contributed by atoms with Crippen molar-refractivity contribution in [1.29, 1.82) is 0 Å². The highest BCUT2D eigenvalue weighted by molar-refractivity contribution is 6.32. The van der Waals surface area contributed by atoms with Crippen LogP contribution in [0.2, 0.25) is 0 Å². The zero-order valence-corrected chi connectivity index (χ0v) is 25.6. The highest BCUT2D eigenvalue weighted by Gasteiger charge is 2.69. The maximum absolute atomic E-state index is 14.1. The van der Waals surface area contributed by atoms with Gasteiger partial charge >= 0.3 is 0 Å². The van der Waals surface area contributed by atoms with Crippen molar-refractivity contribution >= 4 is 29.0 Å². The third-order valence-electron chi connectivity index (χ3n) is 9.80. The molecule has 1 amide bonds. The van der Waals surface area contributed by atoms with Crippen molar-refractivity contribution in [2.24, 2.45) is 29.4 Å². The number of nitrogens with two attached hydrogens (primary N) is 1. The molecular weight excluding hydrogens is 566 g/mol. The molecule has 2 aromatic rings. The number of likely N-dealkylation sites (N-methyl/N-ethyl adjacent to an activating group) is 1. The van der Waals surface area contributed by atoms with Gasteiger partial charge in [-0.15, -0.1) is 0 Å². The van der Waals surface area contributed by atoms with Crippen LogP contribution in [0, 0.1) is 23.7 Å². The number of phenolic OH excluding ortho intramolecular Hbond substituents is 1. The third-order valence-corrected chi connectivity index (χ3v) is 9.80. The van der Waals surface area contributed by atoms with Crippen molar-refractivity contribution in [1.82, 2.24) is 9.80 Å². The van der Waals surface area contributed by atoms with Gasteiger partial charge in [-0.1, -0.05) is 26.0 Å². The lowest BCUT2D eigenvalue weighted by atomic mass is 9.52. The highest BCUT2D eigenvalue weighted by Crippen LogP contribution is 2.52. The van der Waals surface area contributed by atoms with Crippen molar-refractivity contribution < 1.29 is 38.9 Å². The molecule has 0 aliphatic heterocycles. The van der Waals surface area contributed by atoms with E-state index in [2.05, 4.69) is 18.7 Å². The molecule has 11 nitrogen and oxygen atoms in total. The number of carbonyl (C=O) groups excluding carboxylic acids is 5. The number of carbonyl (C=O) groups is 5. The number of aromatic hydroxyl groups is 1. The summed E-state index contributed by atoms with van der Waals surface area (Å²) in [6, 6.07) is 7.79. The minimum absolute atomic E-state index is 0.0157. The summed E-state index contributed by atoms with van der Waals surface area (Å²) in [6.07, 6.45) is 0.150. The topological polar surface area (TPSA) is 168 Å². The number of nitrogens with zero attached hydrogens (tertiary/aromatic N) is 2. The monoisotopic (exact) mass is 605 g/mol. The number of rotatable bonds is 8. The van der Waals surface area contributed by atoms with Crippen molar-refractivity contribution in [3.63, 3.8) is 0 Å². The Morgan fingerprint density at radius 1 is 1.05 bits per heavy atom. The molecular formula is C33H39N3O8. The van der Waals surface area contributed by atoms with Gasteiger partial charge in [0, 0.05) is 18.0 Å². The van der Waals surface area contributed by atoms with Gasteiger partial charge in [-0.05, 0) is 80.8 Å². The largest absolute Gasteiger partial charge is 0.507 e. The SMILES string of the molecule is CCN(CC)Cc1ccc(OC)c(-c2ccc(O)c3c2C[C@H]2C[C@H]4C(N(C)C)C(=O)C(C(N)=O)C(=O)[C@@]4(O)C(=O)C2C3=O)c1. The van der Waals surface area contributed by atoms with E-state index >= 15 is 0 Å². The van der Waals surface area contributed by atoms with Crippen LogP contribution in [0.4, 0.5) is 0 Å². The molecule has 44 heavy (non-hydrogen) atoms. The minimum atomic E-state index is -2.76. The molecule has 3 unspecified atom stereocenters. The molecule has 4 N–H and O–H groups in total. The van der Waals surface area contributed by atoms with E-state index in [1.54, 1.807) is 27.3 Å². The standard InChI is InChI=1S/C33H39N3O8/c1-6-36(7-2)15-16-8-11-23(44-5)19(12-16)18-9-10-22(37)25-20(18)13-17-14-21-27(35(3)4)29(39)26(32(34)42)31(41)33(21,43)30(40)24(17)28(25)38/h8-12,17,21,24,26-27,37,43H,6-7,13-15H2,1-5H3,(H2,34,42)/t17-,21-,24?,26?,27?,33-/m0/s1. The molecule has 3 aliphatic carbocycles. The van der Waals surface area contributed by atoms with Gasteiger partial charge in [0.15, 0.2) is 34.7 Å².